The molecule has 0 fully saturated rings. The van der Waals surface area contributed by atoms with Crippen LogP contribution in [-0.4, -0.2) is 17.6 Å². The van der Waals surface area contributed by atoms with Gasteiger partial charge in [-0.2, -0.15) is 4.99 Å². The number of allylic oxidation sites excluding steroid dienone is 3. The molecule has 20 heavy (non-hydrogen) atoms. The van der Waals surface area contributed by atoms with Crippen LogP contribution in [0.25, 0.3) is 0 Å². The number of amides is 3. The van der Waals surface area contributed by atoms with Crippen molar-refractivity contribution in [2.75, 3.05) is 4.90 Å². The Morgan fingerprint density at radius 3 is 2.80 bits per heavy atom. The van der Waals surface area contributed by atoms with Gasteiger partial charge >= 0.3 is 6.03 Å². The molecule has 3 rings (SSSR count). The lowest BCUT2D eigenvalue weighted by atomic mass is 9.95. The van der Waals surface area contributed by atoms with Crippen molar-refractivity contribution >= 4 is 39.3 Å². The second-order valence-corrected chi connectivity index (χ2v) is 5.50. The minimum absolute atomic E-state index is 0.262. The van der Waals surface area contributed by atoms with Crippen LogP contribution >= 0.6 is 15.9 Å². The molecule has 4 nitrogen and oxygen atoms in total. The van der Waals surface area contributed by atoms with Gasteiger partial charge in [0.2, 0.25) is 5.91 Å². The summed E-state index contributed by atoms with van der Waals surface area (Å²) < 4.78 is 0.933. The fourth-order valence-corrected chi connectivity index (χ4v) is 2.49. The van der Waals surface area contributed by atoms with E-state index in [1.54, 1.807) is 36.4 Å². The van der Waals surface area contributed by atoms with E-state index in [2.05, 4.69) is 20.9 Å². The molecule has 0 radical (unpaired) electrons. The summed E-state index contributed by atoms with van der Waals surface area (Å²) in [4.78, 5) is 29.7. The van der Waals surface area contributed by atoms with E-state index in [0.29, 0.717) is 11.4 Å². The van der Waals surface area contributed by atoms with E-state index in [4.69, 9.17) is 0 Å². The number of aliphatic imine (C=N–C) groups is 1. The van der Waals surface area contributed by atoms with Gasteiger partial charge in [-0.3, -0.25) is 4.79 Å². The number of carbonyl (C=O) groups is 2. The Balaban J connectivity index is 2.06. The summed E-state index contributed by atoms with van der Waals surface area (Å²) in [5, 5.41) is 0. The smallest absolute Gasteiger partial charge is 0.273 e. The van der Waals surface area contributed by atoms with Crippen molar-refractivity contribution in [1.82, 2.24) is 0 Å². The van der Waals surface area contributed by atoms with Gasteiger partial charge in [0.15, 0.2) is 0 Å². The zero-order valence-electron chi connectivity index (χ0n) is 10.7. The van der Waals surface area contributed by atoms with Crippen LogP contribution in [0.2, 0.25) is 0 Å². The summed E-state index contributed by atoms with van der Waals surface area (Å²) in [7, 11) is 0. The molecule has 0 N–H and O–H groups in total. The van der Waals surface area contributed by atoms with Crippen LogP contribution in [0.15, 0.2) is 52.0 Å². The van der Waals surface area contributed by atoms with Crippen molar-refractivity contribution in [3.05, 3.63) is 52.5 Å². The molecular weight excluding hydrogens is 320 g/mol. The van der Waals surface area contributed by atoms with Gasteiger partial charge in [0.05, 0.1) is 17.3 Å². The first-order valence-electron chi connectivity index (χ1n) is 6.15. The number of carbonyl (C=O) groups excluding carboxylic acids is 2. The zero-order chi connectivity index (χ0) is 14.3. The number of benzene rings is 1. The van der Waals surface area contributed by atoms with Crippen molar-refractivity contribution < 1.29 is 9.59 Å². The van der Waals surface area contributed by atoms with Gasteiger partial charge in [0.1, 0.15) is 0 Å². The van der Waals surface area contributed by atoms with Gasteiger partial charge in [-0.05, 0) is 36.8 Å². The van der Waals surface area contributed by atoms with Crippen LogP contribution < -0.4 is 4.90 Å². The van der Waals surface area contributed by atoms with Gasteiger partial charge in [0.25, 0.3) is 0 Å². The molecule has 1 aromatic carbocycles. The fourth-order valence-electron chi connectivity index (χ4n) is 2.25. The van der Waals surface area contributed by atoms with Crippen LogP contribution in [0.1, 0.15) is 5.56 Å². The van der Waals surface area contributed by atoms with Gasteiger partial charge in [0, 0.05) is 4.47 Å². The van der Waals surface area contributed by atoms with Crippen molar-refractivity contribution in [2.24, 2.45) is 10.9 Å². The number of halogens is 1. The molecule has 0 saturated heterocycles. The van der Waals surface area contributed by atoms with Crippen LogP contribution in [-0.2, 0) is 4.79 Å². The topological polar surface area (TPSA) is 49.7 Å². The number of aryl methyl sites for hydroxylation is 1. The molecule has 3 amide bonds. The number of fused-ring (bicyclic) bond motifs is 1. The highest BCUT2D eigenvalue weighted by Gasteiger charge is 2.36. The molecule has 1 aliphatic heterocycles. The van der Waals surface area contributed by atoms with E-state index in [0.717, 1.165) is 14.9 Å². The first-order chi connectivity index (χ1) is 9.58. The maximum atomic E-state index is 12.5. The van der Waals surface area contributed by atoms with E-state index in [9.17, 15) is 9.59 Å². The summed E-state index contributed by atoms with van der Waals surface area (Å²) in [6.07, 6.45) is 7.02. The molecule has 5 heteroatoms. The third kappa shape index (κ3) is 2.04. The average Bonchev–Trinajstić information content (AvgIpc) is 2.43. The molecule has 0 spiro atoms. The van der Waals surface area contributed by atoms with Crippen molar-refractivity contribution in [2.45, 2.75) is 6.92 Å². The zero-order valence-corrected chi connectivity index (χ0v) is 12.3. The van der Waals surface area contributed by atoms with Crippen LogP contribution in [0.4, 0.5) is 10.5 Å². The summed E-state index contributed by atoms with van der Waals surface area (Å²) in [5.41, 5.74) is 2.01. The number of hydrogen-bond acceptors (Lipinski definition) is 2. The fraction of sp³-hybridized carbons (Fsp3) is 0.133. The summed E-state index contributed by atoms with van der Waals surface area (Å²) >= 11 is 3.40. The highest BCUT2D eigenvalue weighted by Crippen LogP contribution is 2.28. The number of nitrogens with zero attached hydrogens (tertiary/aromatic N) is 2. The molecule has 1 unspecified atom stereocenters. The molecular formula is C15H11BrN2O2. The minimum Gasteiger partial charge on any atom is -0.273 e. The van der Waals surface area contributed by atoms with Crippen LogP contribution in [0.5, 0.6) is 0 Å². The third-order valence-electron chi connectivity index (χ3n) is 3.30. The second-order valence-electron chi connectivity index (χ2n) is 4.65. The normalized spacial score (nSPS) is 21.0. The van der Waals surface area contributed by atoms with Crippen LogP contribution in [0.3, 0.4) is 0 Å². The predicted octanol–water partition coefficient (Wildman–Crippen LogP) is 3.41. The molecule has 0 saturated carbocycles. The summed E-state index contributed by atoms with van der Waals surface area (Å²) in [5.74, 6) is -0.732. The molecule has 0 aromatic heterocycles. The quantitative estimate of drug-likeness (QED) is 0.792. The Kier molecular flexibility index (Phi) is 3.14. The summed E-state index contributed by atoms with van der Waals surface area (Å²) in [6, 6.07) is 4.81. The molecule has 1 aromatic rings. The van der Waals surface area contributed by atoms with Crippen molar-refractivity contribution in [3.63, 3.8) is 0 Å². The van der Waals surface area contributed by atoms with E-state index in [1.807, 2.05) is 13.0 Å². The lowest BCUT2D eigenvalue weighted by Crippen LogP contribution is -2.46. The highest BCUT2D eigenvalue weighted by atomic mass is 79.9. The monoisotopic (exact) mass is 330 g/mol. The Hall–Kier alpha value is -2.01. The largest absolute Gasteiger partial charge is 0.355 e. The molecule has 0 bridgehead atoms. The Morgan fingerprint density at radius 1 is 1.25 bits per heavy atom. The molecule has 1 heterocycles. The van der Waals surface area contributed by atoms with E-state index < -0.39 is 11.9 Å². The van der Waals surface area contributed by atoms with Crippen LogP contribution in [0, 0.1) is 12.8 Å². The Labute approximate surface area is 124 Å². The van der Waals surface area contributed by atoms with E-state index in [-0.39, 0.29) is 5.91 Å². The summed E-state index contributed by atoms with van der Waals surface area (Å²) in [6.45, 7) is 1.91. The second kappa shape index (κ2) is 4.83. The van der Waals surface area contributed by atoms with Gasteiger partial charge < -0.3 is 0 Å². The van der Waals surface area contributed by atoms with Gasteiger partial charge in [-0.25, -0.2) is 9.69 Å². The van der Waals surface area contributed by atoms with E-state index in [1.165, 1.54) is 0 Å². The molecule has 1 aliphatic carbocycles. The number of rotatable bonds is 1. The maximum Gasteiger partial charge on any atom is 0.355 e. The highest BCUT2D eigenvalue weighted by molar-refractivity contribution is 9.10. The number of anilines is 1. The Bertz CT molecular complexity index is 704. The molecule has 1 atom stereocenters. The average molecular weight is 331 g/mol. The molecule has 2 aliphatic rings. The number of hydrogen-bond donors (Lipinski definition) is 0. The maximum absolute atomic E-state index is 12.5. The third-order valence-corrected chi connectivity index (χ3v) is 4.19. The lowest BCUT2D eigenvalue weighted by Gasteiger charge is -2.28. The van der Waals surface area contributed by atoms with E-state index >= 15 is 0 Å². The SMILES string of the molecule is Cc1cc(N2C(=O)N=C3C=CC=CC3C2=O)ccc1Br. The lowest BCUT2D eigenvalue weighted by molar-refractivity contribution is -0.118. The van der Waals surface area contributed by atoms with Gasteiger partial charge in [-0.15, -0.1) is 0 Å². The van der Waals surface area contributed by atoms with Crippen molar-refractivity contribution in [3.8, 4) is 0 Å². The minimum atomic E-state index is -0.539. The predicted molar refractivity (Wildman–Crippen MR) is 81.0 cm³/mol. The first kappa shape index (κ1) is 13.0. The standard InChI is InChI=1S/C15H11BrN2O2/c1-9-8-10(6-7-12(9)16)18-14(19)11-4-2-3-5-13(11)17-15(18)20/h2-8,11H,1H3. The number of urea groups is 1. The number of imide groups is 1. The molecule has 100 valence electrons. The van der Waals surface area contributed by atoms with Crippen molar-refractivity contribution in [1.29, 1.82) is 0 Å². The first-order valence-corrected chi connectivity index (χ1v) is 6.95. The van der Waals surface area contributed by atoms with Gasteiger partial charge in [-0.1, -0.05) is 34.2 Å². The Morgan fingerprint density at radius 2 is 2.05 bits per heavy atom.